The zero-order valence-electron chi connectivity index (χ0n) is 19.1. The van der Waals surface area contributed by atoms with E-state index in [1.807, 2.05) is 84.9 Å². The number of aliphatic carboxylic acids is 1. The Balaban J connectivity index is 1.49. The number of amides is 1. The smallest absolute Gasteiger partial charge is 0.328 e. The van der Waals surface area contributed by atoms with Gasteiger partial charge in [-0.25, -0.2) is 4.79 Å². The number of hydrogen-bond acceptors (Lipinski definition) is 5. The molecule has 0 aliphatic carbocycles. The largest absolute Gasteiger partial charge is 0.489 e. The Labute approximate surface area is 199 Å². The van der Waals surface area contributed by atoms with E-state index in [4.69, 9.17) is 15.2 Å². The Morgan fingerprint density at radius 1 is 0.853 bits per heavy atom. The fraction of sp³-hybridized carbons (Fsp3) is 0.259. The number of carboxylic acids is 1. The molecular weight excluding hydrogens is 432 g/mol. The van der Waals surface area contributed by atoms with E-state index >= 15 is 0 Å². The van der Waals surface area contributed by atoms with E-state index in [-0.39, 0.29) is 13.0 Å². The third kappa shape index (κ3) is 7.72. The van der Waals surface area contributed by atoms with Gasteiger partial charge in [0.1, 0.15) is 12.4 Å². The summed E-state index contributed by atoms with van der Waals surface area (Å²) in [4.78, 5) is 24.3. The molecule has 0 spiro atoms. The lowest BCUT2D eigenvalue weighted by Crippen LogP contribution is -2.53. The van der Waals surface area contributed by atoms with Gasteiger partial charge in [0.15, 0.2) is 6.04 Å². The number of hydrogen-bond donors (Lipinski definition) is 3. The molecule has 1 unspecified atom stereocenters. The maximum atomic E-state index is 12.6. The quantitative estimate of drug-likeness (QED) is 0.381. The third-order valence-electron chi connectivity index (χ3n) is 5.35. The minimum absolute atomic E-state index is 0.242. The van der Waals surface area contributed by atoms with Crippen molar-refractivity contribution < 1.29 is 24.2 Å². The van der Waals surface area contributed by atoms with Gasteiger partial charge in [-0.1, -0.05) is 72.8 Å². The molecule has 34 heavy (non-hydrogen) atoms. The van der Waals surface area contributed by atoms with Crippen molar-refractivity contribution in [3.63, 3.8) is 0 Å². The number of nitrogens with two attached hydrogens (primary N) is 1. The van der Waals surface area contributed by atoms with Crippen molar-refractivity contribution in [2.75, 3.05) is 0 Å². The number of carbonyl (C=O) groups is 2. The van der Waals surface area contributed by atoms with Crippen LogP contribution in [-0.4, -0.2) is 35.2 Å². The molecule has 7 heteroatoms. The Morgan fingerprint density at radius 3 is 1.97 bits per heavy atom. The molecule has 3 atom stereocenters. The zero-order chi connectivity index (χ0) is 24.3. The number of carboxylic acid groups (broad SMARTS) is 1. The molecular formula is C27H30N2O5. The summed E-state index contributed by atoms with van der Waals surface area (Å²) in [5, 5.41) is 12.1. The zero-order valence-corrected chi connectivity index (χ0v) is 19.1. The SMILES string of the molecule is CC(OCc1ccccc1)[C@H](NC(=O)[C@@H](N)Cc1ccc(OCc2ccccc2)cc1)C(=O)O. The summed E-state index contributed by atoms with van der Waals surface area (Å²) >= 11 is 0. The van der Waals surface area contributed by atoms with Crippen LogP contribution in [-0.2, 0) is 34.0 Å². The van der Waals surface area contributed by atoms with E-state index < -0.39 is 30.1 Å². The average Bonchev–Trinajstić information content (AvgIpc) is 2.86. The summed E-state index contributed by atoms with van der Waals surface area (Å²) in [5.74, 6) is -1.02. The molecule has 4 N–H and O–H groups in total. The van der Waals surface area contributed by atoms with Gasteiger partial charge in [-0.05, 0) is 42.2 Å². The fourth-order valence-corrected chi connectivity index (χ4v) is 3.35. The molecule has 0 aliphatic heterocycles. The topological polar surface area (TPSA) is 111 Å². The highest BCUT2D eigenvalue weighted by molar-refractivity contribution is 5.87. The van der Waals surface area contributed by atoms with Crippen molar-refractivity contribution in [2.45, 2.75) is 44.7 Å². The normalized spacial score (nSPS) is 13.5. The monoisotopic (exact) mass is 462 g/mol. The molecule has 0 bridgehead atoms. The molecule has 3 aromatic rings. The van der Waals surface area contributed by atoms with Crippen LogP contribution in [0.2, 0.25) is 0 Å². The van der Waals surface area contributed by atoms with Crippen LogP contribution in [0.4, 0.5) is 0 Å². The number of nitrogens with one attached hydrogen (secondary N) is 1. The predicted octanol–water partition coefficient (Wildman–Crippen LogP) is 3.31. The molecule has 0 aromatic heterocycles. The standard InChI is InChI=1S/C27H30N2O5/c1-19(33-17-21-8-4-2-5-9-21)25(27(31)32)29-26(30)24(28)16-20-12-14-23(15-13-20)34-18-22-10-6-3-7-11-22/h2-15,19,24-25H,16-18,28H2,1H3,(H,29,30)(H,31,32)/t19?,24-,25-/m0/s1. The van der Waals surface area contributed by atoms with Crippen LogP contribution >= 0.6 is 0 Å². The van der Waals surface area contributed by atoms with Gasteiger partial charge in [0.2, 0.25) is 5.91 Å². The second kappa shape index (κ2) is 12.5. The van der Waals surface area contributed by atoms with E-state index in [2.05, 4.69) is 5.32 Å². The van der Waals surface area contributed by atoms with Gasteiger partial charge in [0.25, 0.3) is 0 Å². The van der Waals surface area contributed by atoms with Crippen LogP contribution in [0.3, 0.4) is 0 Å². The molecule has 0 saturated heterocycles. The van der Waals surface area contributed by atoms with Crippen LogP contribution in [0.25, 0.3) is 0 Å². The van der Waals surface area contributed by atoms with Crippen molar-refractivity contribution in [1.82, 2.24) is 5.32 Å². The Kier molecular flexibility index (Phi) is 9.20. The molecule has 0 fully saturated rings. The molecule has 178 valence electrons. The summed E-state index contributed by atoms with van der Waals surface area (Å²) in [7, 11) is 0. The summed E-state index contributed by atoms with van der Waals surface area (Å²) in [6.45, 7) is 2.32. The van der Waals surface area contributed by atoms with Crippen LogP contribution in [0.1, 0.15) is 23.6 Å². The van der Waals surface area contributed by atoms with Crippen molar-refractivity contribution >= 4 is 11.9 Å². The highest BCUT2D eigenvalue weighted by atomic mass is 16.5. The summed E-state index contributed by atoms with van der Waals surface area (Å²) in [6, 6.07) is 24.5. The number of rotatable bonds is 12. The lowest BCUT2D eigenvalue weighted by atomic mass is 10.0. The minimum atomic E-state index is -1.21. The van der Waals surface area contributed by atoms with E-state index in [0.717, 1.165) is 16.7 Å². The first-order valence-electron chi connectivity index (χ1n) is 11.1. The van der Waals surface area contributed by atoms with Gasteiger partial charge >= 0.3 is 5.97 Å². The molecule has 1 amide bonds. The van der Waals surface area contributed by atoms with Crippen LogP contribution in [0.15, 0.2) is 84.9 Å². The second-order valence-electron chi connectivity index (χ2n) is 8.06. The van der Waals surface area contributed by atoms with Gasteiger partial charge in [-0.3, -0.25) is 4.79 Å². The third-order valence-corrected chi connectivity index (χ3v) is 5.35. The Bertz CT molecular complexity index is 1040. The van der Waals surface area contributed by atoms with Crippen LogP contribution < -0.4 is 15.8 Å². The van der Waals surface area contributed by atoms with Crippen molar-refractivity contribution in [1.29, 1.82) is 0 Å². The highest BCUT2D eigenvalue weighted by Gasteiger charge is 2.29. The van der Waals surface area contributed by atoms with Gasteiger partial charge in [-0.2, -0.15) is 0 Å². The Morgan fingerprint density at radius 2 is 1.41 bits per heavy atom. The molecule has 0 radical (unpaired) electrons. The molecule has 0 saturated carbocycles. The van der Waals surface area contributed by atoms with Gasteiger partial charge in [0, 0.05) is 0 Å². The maximum Gasteiger partial charge on any atom is 0.328 e. The predicted molar refractivity (Wildman–Crippen MR) is 129 cm³/mol. The van der Waals surface area contributed by atoms with Crippen LogP contribution in [0.5, 0.6) is 5.75 Å². The van der Waals surface area contributed by atoms with E-state index in [1.165, 1.54) is 0 Å². The van der Waals surface area contributed by atoms with E-state index in [1.54, 1.807) is 6.92 Å². The number of carbonyl (C=O) groups excluding carboxylic acids is 1. The van der Waals surface area contributed by atoms with E-state index in [9.17, 15) is 14.7 Å². The molecule has 3 rings (SSSR count). The van der Waals surface area contributed by atoms with E-state index in [0.29, 0.717) is 12.4 Å². The maximum absolute atomic E-state index is 12.6. The van der Waals surface area contributed by atoms with Gasteiger partial charge in [-0.15, -0.1) is 0 Å². The molecule has 0 aliphatic rings. The fourth-order valence-electron chi connectivity index (χ4n) is 3.35. The summed E-state index contributed by atoms with van der Waals surface area (Å²) < 4.78 is 11.4. The Hall–Kier alpha value is -3.68. The van der Waals surface area contributed by atoms with Gasteiger partial charge in [0.05, 0.1) is 18.8 Å². The molecule has 3 aromatic carbocycles. The number of ether oxygens (including phenoxy) is 2. The lowest BCUT2D eigenvalue weighted by molar-refractivity contribution is -0.146. The van der Waals surface area contributed by atoms with Crippen molar-refractivity contribution in [3.05, 3.63) is 102 Å². The highest BCUT2D eigenvalue weighted by Crippen LogP contribution is 2.15. The first kappa shape index (κ1) is 25.0. The average molecular weight is 463 g/mol. The lowest BCUT2D eigenvalue weighted by Gasteiger charge is -2.23. The minimum Gasteiger partial charge on any atom is -0.489 e. The second-order valence-corrected chi connectivity index (χ2v) is 8.06. The first-order valence-corrected chi connectivity index (χ1v) is 11.1. The van der Waals surface area contributed by atoms with Crippen LogP contribution in [0, 0.1) is 0 Å². The summed E-state index contributed by atoms with van der Waals surface area (Å²) in [5.41, 5.74) is 8.89. The van der Waals surface area contributed by atoms with Gasteiger partial charge < -0.3 is 25.6 Å². The molecule has 0 heterocycles. The summed E-state index contributed by atoms with van der Waals surface area (Å²) in [6.07, 6.45) is -0.481. The number of benzene rings is 3. The van der Waals surface area contributed by atoms with Crippen molar-refractivity contribution in [2.24, 2.45) is 5.73 Å². The molecule has 7 nitrogen and oxygen atoms in total. The first-order chi connectivity index (χ1) is 16.4. The van der Waals surface area contributed by atoms with Crippen molar-refractivity contribution in [3.8, 4) is 5.75 Å².